The van der Waals surface area contributed by atoms with Crippen molar-refractivity contribution < 1.29 is 9.84 Å². The monoisotopic (exact) mass is 249 g/mol. The predicted molar refractivity (Wildman–Crippen MR) is 73.0 cm³/mol. The summed E-state index contributed by atoms with van der Waals surface area (Å²) < 4.78 is 5.17. The smallest absolute Gasteiger partial charge is 0.160 e. The molecular weight excluding hydrogens is 226 g/mol. The van der Waals surface area contributed by atoms with Crippen molar-refractivity contribution >= 4 is 0 Å². The van der Waals surface area contributed by atoms with E-state index in [1.807, 2.05) is 12.1 Å². The van der Waals surface area contributed by atoms with Gasteiger partial charge < -0.3 is 9.84 Å². The Morgan fingerprint density at radius 2 is 2.11 bits per heavy atom. The van der Waals surface area contributed by atoms with E-state index in [0.717, 1.165) is 13.1 Å². The number of ether oxygens (including phenoxy) is 1. The van der Waals surface area contributed by atoms with Crippen LogP contribution in [0.4, 0.5) is 0 Å². The molecule has 0 radical (unpaired) electrons. The van der Waals surface area contributed by atoms with Crippen LogP contribution in [0.25, 0.3) is 0 Å². The van der Waals surface area contributed by atoms with E-state index in [-0.39, 0.29) is 5.75 Å². The van der Waals surface area contributed by atoms with Gasteiger partial charge in [0.25, 0.3) is 0 Å². The number of hydrogen-bond acceptors (Lipinski definition) is 3. The maximum Gasteiger partial charge on any atom is 0.160 e. The van der Waals surface area contributed by atoms with Crippen molar-refractivity contribution in [2.75, 3.05) is 20.2 Å². The first kappa shape index (κ1) is 13.2. The van der Waals surface area contributed by atoms with Crippen LogP contribution in [0.5, 0.6) is 11.5 Å². The van der Waals surface area contributed by atoms with Crippen molar-refractivity contribution in [1.29, 1.82) is 0 Å². The highest BCUT2D eigenvalue weighted by atomic mass is 16.5. The van der Waals surface area contributed by atoms with Gasteiger partial charge in [0, 0.05) is 12.6 Å². The van der Waals surface area contributed by atoms with E-state index in [0.29, 0.717) is 17.2 Å². The first-order valence-corrected chi connectivity index (χ1v) is 6.54. The highest BCUT2D eigenvalue weighted by Crippen LogP contribution is 2.36. The molecule has 18 heavy (non-hydrogen) atoms. The van der Waals surface area contributed by atoms with Crippen LogP contribution < -0.4 is 4.74 Å². The molecule has 3 heteroatoms. The Morgan fingerprint density at radius 1 is 1.39 bits per heavy atom. The molecule has 100 valence electrons. The van der Waals surface area contributed by atoms with E-state index < -0.39 is 0 Å². The second kappa shape index (κ2) is 4.81. The van der Waals surface area contributed by atoms with Crippen LogP contribution in [0.15, 0.2) is 18.2 Å². The van der Waals surface area contributed by atoms with Crippen LogP contribution in [-0.4, -0.2) is 30.2 Å². The Bertz CT molecular complexity index is 429. The molecule has 0 amide bonds. The van der Waals surface area contributed by atoms with Gasteiger partial charge in [0.1, 0.15) is 0 Å². The second-order valence-corrected chi connectivity index (χ2v) is 5.99. The summed E-state index contributed by atoms with van der Waals surface area (Å²) in [4.78, 5) is 2.49. The average molecular weight is 249 g/mol. The number of benzene rings is 1. The molecular formula is C15H23NO2. The molecule has 0 aliphatic carbocycles. The standard InChI is InChI=1S/C15H23NO2/c1-11(16-8-7-15(2,3)10-16)12-5-6-13(17)14(9-12)18-4/h5-6,9,11,17H,7-8,10H2,1-4H3. The fourth-order valence-corrected chi connectivity index (χ4v) is 2.65. The molecule has 1 fully saturated rings. The molecule has 0 saturated carbocycles. The highest BCUT2D eigenvalue weighted by Gasteiger charge is 2.32. The summed E-state index contributed by atoms with van der Waals surface area (Å²) >= 11 is 0. The molecule has 1 saturated heterocycles. The largest absolute Gasteiger partial charge is 0.504 e. The van der Waals surface area contributed by atoms with Crippen LogP contribution in [0.3, 0.4) is 0 Å². The molecule has 1 atom stereocenters. The van der Waals surface area contributed by atoms with Crippen LogP contribution in [0.1, 0.15) is 38.8 Å². The Balaban J connectivity index is 2.16. The first-order chi connectivity index (χ1) is 8.43. The minimum absolute atomic E-state index is 0.204. The van der Waals surface area contributed by atoms with Crippen LogP contribution in [0.2, 0.25) is 0 Å². The molecule has 0 spiro atoms. The average Bonchev–Trinajstić information content (AvgIpc) is 2.69. The van der Waals surface area contributed by atoms with E-state index in [2.05, 4.69) is 25.7 Å². The summed E-state index contributed by atoms with van der Waals surface area (Å²) in [7, 11) is 1.59. The Hall–Kier alpha value is -1.22. The van der Waals surface area contributed by atoms with Gasteiger partial charge in [-0.2, -0.15) is 0 Å². The number of phenols is 1. The summed E-state index contributed by atoms with van der Waals surface area (Å²) in [5, 5.41) is 9.63. The van der Waals surface area contributed by atoms with E-state index in [9.17, 15) is 5.11 Å². The van der Waals surface area contributed by atoms with E-state index >= 15 is 0 Å². The van der Waals surface area contributed by atoms with Gasteiger partial charge in [-0.3, -0.25) is 4.90 Å². The lowest BCUT2D eigenvalue weighted by atomic mass is 9.93. The topological polar surface area (TPSA) is 32.7 Å². The SMILES string of the molecule is COc1cc(C(C)N2CCC(C)(C)C2)ccc1O. The van der Waals surface area contributed by atoms with Crippen LogP contribution in [-0.2, 0) is 0 Å². The molecule has 1 unspecified atom stereocenters. The minimum atomic E-state index is 0.204. The molecule has 1 heterocycles. The third-order valence-electron chi connectivity index (χ3n) is 3.94. The van der Waals surface area contributed by atoms with Crippen molar-refractivity contribution in [3.05, 3.63) is 23.8 Å². The number of rotatable bonds is 3. The van der Waals surface area contributed by atoms with E-state index in [4.69, 9.17) is 4.74 Å². The Morgan fingerprint density at radius 3 is 2.67 bits per heavy atom. The van der Waals surface area contributed by atoms with Gasteiger partial charge in [0.2, 0.25) is 0 Å². The molecule has 1 aromatic carbocycles. The van der Waals surface area contributed by atoms with Gasteiger partial charge in [-0.1, -0.05) is 19.9 Å². The van der Waals surface area contributed by atoms with Gasteiger partial charge >= 0.3 is 0 Å². The number of aromatic hydroxyl groups is 1. The number of hydrogen-bond donors (Lipinski definition) is 1. The summed E-state index contributed by atoms with van der Waals surface area (Å²) in [5.41, 5.74) is 1.61. The minimum Gasteiger partial charge on any atom is -0.504 e. The predicted octanol–water partition coefficient (Wildman–Crippen LogP) is 3.19. The van der Waals surface area contributed by atoms with E-state index in [1.165, 1.54) is 12.0 Å². The fraction of sp³-hybridized carbons (Fsp3) is 0.600. The van der Waals surface area contributed by atoms with Gasteiger partial charge in [0.05, 0.1) is 7.11 Å². The summed E-state index contributed by atoms with van der Waals surface area (Å²) in [5.74, 6) is 0.757. The van der Waals surface area contributed by atoms with Gasteiger partial charge in [-0.25, -0.2) is 0 Å². The van der Waals surface area contributed by atoms with Crippen molar-refractivity contribution in [2.45, 2.75) is 33.2 Å². The number of methoxy groups -OCH3 is 1. The zero-order valence-electron chi connectivity index (χ0n) is 11.7. The zero-order chi connectivity index (χ0) is 13.3. The normalized spacial score (nSPS) is 20.9. The Kier molecular flexibility index (Phi) is 3.53. The first-order valence-electron chi connectivity index (χ1n) is 6.54. The fourth-order valence-electron chi connectivity index (χ4n) is 2.65. The van der Waals surface area contributed by atoms with Crippen molar-refractivity contribution in [1.82, 2.24) is 4.90 Å². The molecule has 1 N–H and O–H groups in total. The number of phenolic OH excluding ortho intramolecular Hbond substituents is 1. The highest BCUT2D eigenvalue weighted by molar-refractivity contribution is 5.42. The summed E-state index contributed by atoms with van der Waals surface area (Å²) in [6.45, 7) is 9.11. The van der Waals surface area contributed by atoms with Crippen LogP contribution in [0, 0.1) is 5.41 Å². The molecule has 3 nitrogen and oxygen atoms in total. The molecule has 0 aromatic heterocycles. The second-order valence-electron chi connectivity index (χ2n) is 5.99. The molecule has 2 rings (SSSR count). The lowest BCUT2D eigenvalue weighted by molar-refractivity contribution is 0.232. The maximum atomic E-state index is 9.63. The molecule has 1 aliphatic heterocycles. The number of nitrogens with zero attached hydrogens (tertiary/aromatic N) is 1. The Labute approximate surface area is 109 Å². The third kappa shape index (κ3) is 2.61. The van der Waals surface area contributed by atoms with Crippen LogP contribution >= 0.6 is 0 Å². The molecule has 0 bridgehead atoms. The third-order valence-corrected chi connectivity index (χ3v) is 3.94. The summed E-state index contributed by atoms with van der Waals surface area (Å²) in [6.07, 6.45) is 1.24. The number of likely N-dealkylation sites (tertiary alicyclic amines) is 1. The van der Waals surface area contributed by atoms with Gasteiger partial charge in [-0.15, -0.1) is 0 Å². The lowest BCUT2D eigenvalue weighted by Crippen LogP contribution is -2.26. The van der Waals surface area contributed by atoms with Gasteiger partial charge in [0.15, 0.2) is 11.5 Å². The quantitative estimate of drug-likeness (QED) is 0.893. The van der Waals surface area contributed by atoms with Crippen molar-refractivity contribution in [3.8, 4) is 11.5 Å². The van der Waals surface area contributed by atoms with Crippen molar-refractivity contribution in [3.63, 3.8) is 0 Å². The van der Waals surface area contributed by atoms with E-state index in [1.54, 1.807) is 13.2 Å². The zero-order valence-corrected chi connectivity index (χ0v) is 11.7. The maximum absolute atomic E-state index is 9.63. The molecule has 1 aliphatic rings. The van der Waals surface area contributed by atoms with Gasteiger partial charge in [-0.05, 0) is 43.0 Å². The molecule has 1 aromatic rings. The lowest BCUT2D eigenvalue weighted by Gasteiger charge is -2.26. The van der Waals surface area contributed by atoms with Crippen molar-refractivity contribution in [2.24, 2.45) is 5.41 Å². The summed E-state index contributed by atoms with van der Waals surface area (Å²) in [6, 6.07) is 5.99.